The predicted molar refractivity (Wildman–Crippen MR) is 107 cm³/mol. The molecule has 2 saturated heterocycles. The summed E-state index contributed by atoms with van der Waals surface area (Å²) < 4.78 is 7.99. The first-order valence-electron chi connectivity index (χ1n) is 10.2. The summed E-state index contributed by atoms with van der Waals surface area (Å²) in [5, 5.41) is 4.34. The molecule has 2 fully saturated rings. The number of hydrogen-bond acceptors (Lipinski definition) is 7. The van der Waals surface area contributed by atoms with Crippen LogP contribution < -0.4 is 0 Å². The molecule has 156 valence electrons. The molecule has 0 unspecified atom stereocenters. The van der Waals surface area contributed by atoms with Crippen LogP contribution in [-0.2, 0) is 11.8 Å². The third kappa shape index (κ3) is 4.63. The van der Waals surface area contributed by atoms with Crippen LogP contribution >= 0.6 is 0 Å². The molecule has 0 spiro atoms. The minimum atomic E-state index is -0.201. The van der Waals surface area contributed by atoms with Gasteiger partial charge < -0.3 is 14.5 Å². The van der Waals surface area contributed by atoms with Gasteiger partial charge in [-0.3, -0.25) is 19.4 Å². The summed E-state index contributed by atoms with van der Waals surface area (Å²) in [6, 6.07) is -0.201. The van der Waals surface area contributed by atoms with E-state index in [-0.39, 0.29) is 18.1 Å². The molecule has 0 N–H and O–H groups in total. The molecule has 2 aliphatic heterocycles. The van der Waals surface area contributed by atoms with Crippen molar-refractivity contribution >= 4 is 5.91 Å². The molecule has 9 heteroatoms. The van der Waals surface area contributed by atoms with Crippen LogP contribution in [0.5, 0.6) is 0 Å². The first-order valence-corrected chi connectivity index (χ1v) is 10.2. The first-order chi connectivity index (χ1) is 14.1. The molecule has 0 aromatic carbocycles. The zero-order valence-corrected chi connectivity index (χ0v) is 17.1. The molecule has 4 heterocycles. The zero-order chi connectivity index (χ0) is 20.2. The Morgan fingerprint density at radius 3 is 2.79 bits per heavy atom. The molecule has 1 amide bonds. The summed E-state index contributed by atoms with van der Waals surface area (Å²) in [6.07, 6.45) is 9.49. The van der Waals surface area contributed by atoms with Gasteiger partial charge in [-0.05, 0) is 26.6 Å². The second-order valence-electron chi connectivity index (χ2n) is 7.85. The first kappa shape index (κ1) is 19.9. The van der Waals surface area contributed by atoms with E-state index in [0.29, 0.717) is 18.8 Å². The van der Waals surface area contributed by atoms with Gasteiger partial charge in [-0.1, -0.05) is 0 Å². The van der Waals surface area contributed by atoms with Crippen LogP contribution in [0.2, 0.25) is 0 Å². The van der Waals surface area contributed by atoms with E-state index < -0.39 is 0 Å². The van der Waals surface area contributed by atoms with Crippen molar-refractivity contribution in [2.45, 2.75) is 18.6 Å². The lowest BCUT2D eigenvalue weighted by Crippen LogP contribution is -2.52. The van der Waals surface area contributed by atoms with Gasteiger partial charge in [0.25, 0.3) is 5.91 Å². The highest BCUT2D eigenvalue weighted by Gasteiger charge is 2.39. The third-order valence-corrected chi connectivity index (χ3v) is 5.71. The summed E-state index contributed by atoms with van der Waals surface area (Å²) in [6.45, 7) is 6.04. The summed E-state index contributed by atoms with van der Waals surface area (Å²) >= 11 is 0. The second kappa shape index (κ2) is 8.98. The van der Waals surface area contributed by atoms with Crippen LogP contribution in [0.25, 0.3) is 0 Å². The Kier molecular flexibility index (Phi) is 6.17. The van der Waals surface area contributed by atoms with Gasteiger partial charge in [0.15, 0.2) is 0 Å². The fraction of sp³-hybridized carbons (Fsp3) is 0.600. The largest absolute Gasteiger partial charge is 0.373 e. The number of carbonyl (C=O) groups excluding carboxylic acids is 1. The molecule has 2 aromatic heterocycles. The van der Waals surface area contributed by atoms with Gasteiger partial charge in [0.1, 0.15) is 5.69 Å². The minimum Gasteiger partial charge on any atom is -0.373 e. The SMILES string of the molecule is CN1CCCN(C[C@@H]2OCCN(C(=O)c3cnccn3)[C@H]2c2cnn(C)c2)CC1. The Labute approximate surface area is 171 Å². The van der Waals surface area contributed by atoms with Gasteiger partial charge in [-0.25, -0.2) is 4.98 Å². The van der Waals surface area contributed by atoms with Crippen LogP contribution in [0.15, 0.2) is 31.0 Å². The van der Waals surface area contributed by atoms with Crippen molar-refractivity contribution in [3.05, 3.63) is 42.2 Å². The Morgan fingerprint density at radius 1 is 1.14 bits per heavy atom. The highest BCUT2D eigenvalue weighted by molar-refractivity contribution is 5.92. The number of hydrogen-bond donors (Lipinski definition) is 0. The number of aromatic nitrogens is 4. The topological polar surface area (TPSA) is 79.6 Å². The van der Waals surface area contributed by atoms with Crippen molar-refractivity contribution in [1.29, 1.82) is 0 Å². The molecule has 2 aliphatic rings. The van der Waals surface area contributed by atoms with Crippen LogP contribution in [0.4, 0.5) is 0 Å². The number of aryl methyl sites for hydroxylation is 1. The van der Waals surface area contributed by atoms with E-state index in [4.69, 9.17) is 4.74 Å². The Hall–Kier alpha value is -2.36. The predicted octanol–water partition coefficient (Wildman–Crippen LogP) is 0.430. The van der Waals surface area contributed by atoms with Crippen LogP contribution in [0.1, 0.15) is 28.5 Å². The van der Waals surface area contributed by atoms with Gasteiger partial charge in [-0.2, -0.15) is 5.10 Å². The van der Waals surface area contributed by atoms with Crippen molar-refractivity contribution in [3.8, 4) is 0 Å². The van der Waals surface area contributed by atoms with E-state index in [1.807, 2.05) is 24.3 Å². The summed E-state index contributed by atoms with van der Waals surface area (Å²) in [7, 11) is 4.06. The lowest BCUT2D eigenvalue weighted by atomic mass is 9.99. The molecule has 0 saturated carbocycles. The van der Waals surface area contributed by atoms with E-state index in [9.17, 15) is 4.79 Å². The lowest BCUT2D eigenvalue weighted by Gasteiger charge is -2.42. The van der Waals surface area contributed by atoms with Gasteiger partial charge in [-0.15, -0.1) is 0 Å². The van der Waals surface area contributed by atoms with E-state index >= 15 is 0 Å². The van der Waals surface area contributed by atoms with E-state index in [1.54, 1.807) is 17.1 Å². The minimum absolute atomic E-state index is 0.114. The van der Waals surface area contributed by atoms with Crippen molar-refractivity contribution in [3.63, 3.8) is 0 Å². The molecule has 0 bridgehead atoms. The van der Waals surface area contributed by atoms with Crippen molar-refractivity contribution < 1.29 is 9.53 Å². The van der Waals surface area contributed by atoms with Crippen molar-refractivity contribution in [2.75, 3.05) is 52.9 Å². The Morgan fingerprint density at radius 2 is 2.03 bits per heavy atom. The van der Waals surface area contributed by atoms with E-state index in [0.717, 1.165) is 44.7 Å². The normalized spacial score (nSPS) is 24.4. The number of morpholine rings is 1. The zero-order valence-electron chi connectivity index (χ0n) is 17.1. The number of rotatable bonds is 4. The third-order valence-electron chi connectivity index (χ3n) is 5.71. The Balaban J connectivity index is 1.58. The van der Waals surface area contributed by atoms with E-state index in [1.165, 1.54) is 6.20 Å². The number of amides is 1. The summed E-state index contributed by atoms with van der Waals surface area (Å²) in [4.78, 5) is 28.2. The molecular weight excluding hydrogens is 370 g/mol. The maximum atomic E-state index is 13.2. The summed E-state index contributed by atoms with van der Waals surface area (Å²) in [5.41, 5.74) is 1.35. The van der Waals surface area contributed by atoms with Gasteiger partial charge in [0.2, 0.25) is 0 Å². The molecule has 2 aromatic rings. The number of nitrogens with zero attached hydrogens (tertiary/aromatic N) is 7. The average Bonchev–Trinajstić information content (AvgIpc) is 3.06. The maximum Gasteiger partial charge on any atom is 0.274 e. The van der Waals surface area contributed by atoms with Gasteiger partial charge in [0, 0.05) is 57.4 Å². The molecule has 0 aliphatic carbocycles. The maximum absolute atomic E-state index is 13.2. The molecule has 9 nitrogen and oxygen atoms in total. The number of likely N-dealkylation sites (N-methyl/N-ethyl adjacent to an activating group) is 1. The summed E-state index contributed by atoms with van der Waals surface area (Å²) in [5.74, 6) is -0.115. The smallest absolute Gasteiger partial charge is 0.274 e. The Bertz CT molecular complexity index is 812. The van der Waals surface area contributed by atoms with Crippen molar-refractivity contribution in [2.24, 2.45) is 7.05 Å². The number of ether oxygens (including phenoxy) is 1. The molecule has 29 heavy (non-hydrogen) atoms. The fourth-order valence-corrected chi connectivity index (χ4v) is 4.19. The molecule has 2 atom stereocenters. The van der Waals surface area contributed by atoms with Gasteiger partial charge >= 0.3 is 0 Å². The highest BCUT2D eigenvalue weighted by Crippen LogP contribution is 2.31. The molecule has 4 rings (SSSR count). The molecular formula is C20H29N7O2. The fourth-order valence-electron chi connectivity index (χ4n) is 4.19. The van der Waals surface area contributed by atoms with Crippen LogP contribution in [-0.4, -0.2) is 99.4 Å². The van der Waals surface area contributed by atoms with Crippen molar-refractivity contribution in [1.82, 2.24) is 34.4 Å². The molecule has 0 radical (unpaired) electrons. The average molecular weight is 399 g/mol. The van der Waals surface area contributed by atoms with Crippen LogP contribution in [0, 0.1) is 0 Å². The lowest BCUT2D eigenvalue weighted by molar-refractivity contribution is -0.0725. The van der Waals surface area contributed by atoms with Gasteiger partial charge in [0.05, 0.1) is 31.1 Å². The highest BCUT2D eigenvalue weighted by atomic mass is 16.5. The standard InChI is InChI=1S/C20H29N7O2/c1-24-6-3-7-26(9-8-24)15-18-19(16-12-23-25(2)14-16)27(10-11-29-18)20(28)17-13-21-4-5-22-17/h4-5,12-14,18-19H,3,6-11,15H2,1-2H3/t18-,19-/m0/s1. The number of carbonyl (C=O) groups is 1. The second-order valence-corrected chi connectivity index (χ2v) is 7.85. The quantitative estimate of drug-likeness (QED) is 0.738. The van der Waals surface area contributed by atoms with E-state index in [2.05, 4.69) is 31.9 Å². The van der Waals surface area contributed by atoms with Crippen LogP contribution in [0.3, 0.4) is 0 Å². The monoisotopic (exact) mass is 399 g/mol.